The van der Waals surface area contributed by atoms with Crippen LogP contribution in [0, 0.1) is 25.2 Å². The summed E-state index contributed by atoms with van der Waals surface area (Å²) < 4.78 is 11.9. The lowest BCUT2D eigenvalue weighted by molar-refractivity contribution is -0.143. The van der Waals surface area contributed by atoms with Gasteiger partial charge >= 0.3 is 5.97 Å². The fourth-order valence-corrected chi connectivity index (χ4v) is 2.45. The lowest BCUT2D eigenvalue weighted by atomic mass is 10.1. The van der Waals surface area contributed by atoms with Crippen LogP contribution in [0.25, 0.3) is 6.08 Å². The van der Waals surface area contributed by atoms with E-state index in [1.165, 1.54) is 6.08 Å². The van der Waals surface area contributed by atoms with Crippen LogP contribution in [-0.4, -0.2) is 36.8 Å². The fraction of sp³-hybridized carbons (Fsp3) is 0.438. The van der Waals surface area contributed by atoms with Crippen molar-refractivity contribution in [2.75, 3.05) is 20.3 Å². The molecule has 0 bridgehead atoms. The third kappa shape index (κ3) is 4.69. The van der Waals surface area contributed by atoms with Crippen molar-refractivity contribution in [2.24, 2.45) is 5.73 Å². The molecule has 1 aromatic rings. The third-order valence-electron chi connectivity index (χ3n) is 3.36. The van der Waals surface area contributed by atoms with Crippen molar-refractivity contribution in [2.45, 2.75) is 26.8 Å². The van der Waals surface area contributed by atoms with Gasteiger partial charge in [-0.1, -0.05) is 0 Å². The van der Waals surface area contributed by atoms with E-state index in [0.29, 0.717) is 6.61 Å². The van der Waals surface area contributed by atoms with Crippen LogP contribution in [0.15, 0.2) is 11.6 Å². The molecule has 7 nitrogen and oxygen atoms in total. The molecule has 0 aromatic carbocycles. The van der Waals surface area contributed by atoms with Crippen molar-refractivity contribution in [3.63, 3.8) is 0 Å². The molecule has 0 radical (unpaired) electrons. The molecule has 1 amide bonds. The van der Waals surface area contributed by atoms with Gasteiger partial charge in [-0.15, -0.1) is 0 Å². The highest BCUT2D eigenvalue weighted by Crippen LogP contribution is 2.23. The van der Waals surface area contributed by atoms with Gasteiger partial charge in [0.15, 0.2) is 6.61 Å². The van der Waals surface area contributed by atoms with Gasteiger partial charge in [-0.05, 0) is 38.5 Å². The normalized spacial score (nSPS) is 12.6. The van der Waals surface area contributed by atoms with E-state index in [4.69, 9.17) is 15.7 Å². The molecule has 0 aliphatic heterocycles. The van der Waals surface area contributed by atoms with E-state index >= 15 is 0 Å². The van der Waals surface area contributed by atoms with Gasteiger partial charge in [-0.2, -0.15) is 5.26 Å². The Morgan fingerprint density at radius 1 is 1.48 bits per heavy atom. The Kier molecular flexibility index (Phi) is 6.54. The highest BCUT2D eigenvalue weighted by atomic mass is 16.5. The quantitative estimate of drug-likeness (QED) is 0.462. The molecule has 23 heavy (non-hydrogen) atoms. The first-order valence-corrected chi connectivity index (χ1v) is 7.06. The van der Waals surface area contributed by atoms with E-state index < -0.39 is 18.5 Å². The summed E-state index contributed by atoms with van der Waals surface area (Å²) in [6.07, 6.45) is 1.45. The van der Waals surface area contributed by atoms with Crippen molar-refractivity contribution in [1.29, 1.82) is 5.26 Å². The molecule has 1 atom stereocenters. The number of hydrogen-bond acceptors (Lipinski definition) is 5. The van der Waals surface area contributed by atoms with Gasteiger partial charge in [0.2, 0.25) is 0 Å². The lowest BCUT2D eigenvalue weighted by Crippen LogP contribution is -2.21. The van der Waals surface area contributed by atoms with Crippen LogP contribution in [0.5, 0.6) is 0 Å². The number of primary amides is 1. The van der Waals surface area contributed by atoms with Gasteiger partial charge in [-0.3, -0.25) is 4.79 Å². The number of aryl methyl sites for hydroxylation is 1. The smallest absolute Gasteiger partial charge is 0.349 e. The molecule has 0 aliphatic rings. The molecule has 0 aliphatic carbocycles. The molecule has 0 unspecified atom stereocenters. The number of methoxy groups -OCH3 is 1. The minimum atomic E-state index is -0.874. The number of nitriles is 1. The van der Waals surface area contributed by atoms with Crippen molar-refractivity contribution in [3.05, 3.63) is 28.6 Å². The minimum absolute atomic E-state index is 0.120. The maximum Gasteiger partial charge on any atom is 0.349 e. The second kappa shape index (κ2) is 8.15. The van der Waals surface area contributed by atoms with Crippen LogP contribution >= 0.6 is 0 Å². The zero-order valence-electron chi connectivity index (χ0n) is 13.8. The van der Waals surface area contributed by atoms with Gasteiger partial charge in [0.25, 0.3) is 5.91 Å². The molecule has 0 fully saturated rings. The standard InChI is InChI=1S/C16H21N3O4/c1-10-5-13(12(3)19(10)11(2)8-22-4)6-14(7-17)16(21)23-9-15(18)20/h5-6,11H,8-9H2,1-4H3,(H2,18,20)/b14-6+/t11-/m0/s1. The number of hydrogen-bond donors (Lipinski definition) is 1. The van der Waals surface area contributed by atoms with Crippen molar-refractivity contribution < 1.29 is 19.1 Å². The Hall–Kier alpha value is -2.59. The second-order valence-electron chi connectivity index (χ2n) is 5.21. The molecule has 1 heterocycles. The van der Waals surface area contributed by atoms with Crippen LogP contribution in [-0.2, 0) is 19.1 Å². The van der Waals surface area contributed by atoms with E-state index in [2.05, 4.69) is 9.30 Å². The molecule has 0 saturated heterocycles. The Morgan fingerprint density at radius 2 is 2.13 bits per heavy atom. The molecule has 1 aromatic heterocycles. The van der Waals surface area contributed by atoms with Crippen LogP contribution in [0.1, 0.15) is 29.9 Å². The number of aromatic nitrogens is 1. The number of nitrogens with zero attached hydrogens (tertiary/aromatic N) is 2. The minimum Gasteiger partial charge on any atom is -0.451 e. The molecule has 2 N–H and O–H groups in total. The molecule has 0 saturated carbocycles. The average Bonchev–Trinajstić information content (AvgIpc) is 2.76. The number of amides is 1. The number of esters is 1. The number of carbonyl (C=O) groups is 2. The van der Waals surface area contributed by atoms with Crippen molar-refractivity contribution >= 4 is 18.0 Å². The summed E-state index contributed by atoms with van der Waals surface area (Å²) in [5.41, 5.74) is 7.35. The third-order valence-corrected chi connectivity index (χ3v) is 3.36. The molecular weight excluding hydrogens is 298 g/mol. The number of nitrogens with two attached hydrogens (primary N) is 1. The Bertz CT molecular complexity index is 668. The second-order valence-corrected chi connectivity index (χ2v) is 5.21. The molecule has 124 valence electrons. The average molecular weight is 319 g/mol. The molecule has 1 rings (SSSR count). The first kappa shape index (κ1) is 18.5. The van der Waals surface area contributed by atoms with Crippen LogP contribution in [0.2, 0.25) is 0 Å². The van der Waals surface area contributed by atoms with Gasteiger partial charge < -0.3 is 19.8 Å². The van der Waals surface area contributed by atoms with Gasteiger partial charge in [0.05, 0.1) is 12.6 Å². The fourth-order valence-electron chi connectivity index (χ4n) is 2.45. The van der Waals surface area contributed by atoms with Crippen LogP contribution < -0.4 is 5.73 Å². The van der Waals surface area contributed by atoms with E-state index in [9.17, 15) is 9.59 Å². The number of carbonyl (C=O) groups excluding carboxylic acids is 2. The maximum atomic E-state index is 11.8. The maximum absolute atomic E-state index is 11.8. The predicted octanol–water partition coefficient (Wildman–Crippen LogP) is 1.25. The zero-order chi connectivity index (χ0) is 17.6. The van der Waals surface area contributed by atoms with Crippen LogP contribution in [0.3, 0.4) is 0 Å². The topological polar surface area (TPSA) is 107 Å². The molecule has 7 heteroatoms. The van der Waals surface area contributed by atoms with E-state index in [0.717, 1.165) is 17.0 Å². The predicted molar refractivity (Wildman–Crippen MR) is 84.2 cm³/mol. The highest BCUT2D eigenvalue weighted by molar-refractivity contribution is 5.98. The summed E-state index contributed by atoms with van der Waals surface area (Å²) in [5.74, 6) is -1.65. The van der Waals surface area contributed by atoms with Crippen LogP contribution in [0.4, 0.5) is 0 Å². The Labute approximate surface area is 135 Å². The van der Waals surface area contributed by atoms with E-state index in [-0.39, 0.29) is 11.6 Å². The van der Waals surface area contributed by atoms with Crippen molar-refractivity contribution in [1.82, 2.24) is 4.57 Å². The first-order chi connectivity index (χ1) is 10.8. The summed E-state index contributed by atoms with van der Waals surface area (Å²) in [6, 6.07) is 3.78. The van der Waals surface area contributed by atoms with E-state index in [1.54, 1.807) is 13.2 Å². The summed E-state index contributed by atoms with van der Waals surface area (Å²) >= 11 is 0. The summed E-state index contributed by atoms with van der Waals surface area (Å²) in [4.78, 5) is 22.4. The number of ether oxygens (including phenoxy) is 2. The van der Waals surface area contributed by atoms with Gasteiger partial charge in [0.1, 0.15) is 11.6 Å². The largest absolute Gasteiger partial charge is 0.451 e. The Balaban J connectivity index is 3.10. The van der Waals surface area contributed by atoms with E-state index in [1.807, 2.05) is 26.8 Å². The van der Waals surface area contributed by atoms with Gasteiger partial charge in [-0.25, -0.2) is 4.79 Å². The SMILES string of the molecule is COC[C@H](C)n1c(C)cc(/C=C(\C#N)C(=O)OCC(N)=O)c1C. The Morgan fingerprint density at radius 3 is 2.65 bits per heavy atom. The summed E-state index contributed by atoms with van der Waals surface area (Å²) in [6.45, 7) is 5.85. The van der Waals surface area contributed by atoms with Crippen molar-refractivity contribution in [3.8, 4) is 6.07 Å². The van der Waals surface area contributed by atoms with Gasteiger partial charge in [0, 0.05) is 18.5 Å². The molecule has 0 spiro atoms. The zero-order valence-corrected chi connectivity index (χ0v) is 13.8. The summed E-state index contributed by atoms with van der Waals surface area (Å²) in [7, 11) is 1.63. The lowest BCUT2D eigenvalue weighted by Gasteiger charge is -2.17. The highest BCUT2D eigenvalue weighted by Gasteiger charge is 2.16. The number of rotatable bonds is 7. The first-order valence-electron chi connectivity index (χ1n) is 7.06. The molecular formula is C16H21N3O4. The summed E-state index contributed by atoms with van der Waals surface area (Å²) in [5, 5.41) is 9.12. The monoisotopic (exact) mass is 319 g/mol.